The van der Waals surface area contributed by atoms with Crippen molar-refractivity contribution < 1.29 is 9.59 Å². The van der Waals surface area contributed by atoms with Gasteiger partial charge in [-0.05, 0) is 34.5 Å². The fraction of sp³-hybridized carbons (Fsp3) is 0.0667. The third-order valence-corrected chi connectivity index (χ3v) is 4.21. The molecule has 0 amide bonds. The molecule has 0 atom stereocenters. The van der Waals surface area contributed by atoms with Gasteiger partial charge in [-0.1, -0.05) is 24.3 Å². The molecule has 2 aliphatic carbocycles. The SMILES string of the molecule is CC1=C(N)C2=Cc3ccccc3C(=O)C2=C(Br)C1=O. The van der Waals surface area contributed by atoms with Crippen molar-refractivity contribution in [2.24, 2.45) is 5.73 Å². The highest BCUT2D eigenvalue weighted by Crippen LogP contribution is 2.39. The number of ketones is 2. The minimum Gasteiger partial charge on any atom is -0.398 e. The number of benzene rings is 1. The molecule has 0 bridgehead atoms. The number of Topliss-reactive ketones (excluding diaryl/α,β-unsaturated/α-hetero) is 2. The Balaban J connectivity index is 2.37. The molecule has 0 heterocycles. The summed E-state index contributed by atoms with van der Waals surface area (Å²) in [5.41, 5.74) is 9.26. The van der Waals surface area contributed by atoms with Crippen molar-refractivity contribution in [2.45, 2.75) is 6.92 Å². The number of hydrogen-bond acceptors (Lipinski definition) is 3. The lowest BCUT2D eigenvalue weighted by Gasteiger charge is -2.25. The first-order valence-corrected chi connectivity index (χ1v) is 6.58. The van der Waals surface area contributed by atoms with Gasteiger partial charge >= 0.3 is 0 Å². The summed E-state index contributed by atoms with van der Waals surface area (Å²) >= 11 is 3.23. The molecule has 4 heteroatoms. The normalized spacial score (nSPS) is 18.3. The van der Waals surface area contributed by atoms with Crippen LogP contribution in [-0.4, -0.2) is 11.6 Å². The molecule has 94 valence electrons. The van der Waals surface area contributed by atoms with Gasteiger partial charge in [-0.2, -0.15) is 0 Å². The standard InChI is InChI=1S/C15H10BrNO2/c1-7-13(17)10-6-8-4-2-3-5-9(8)15(19)11(10)12(16)14(7)18/h2-6H,17H2,1H3. The average molecular weight is 316 g/mol. The fourth-order valence-electron chi connectivity index (χ4n) is 2.35. The molecule has 0 spiro atoms. The van der Waals surface area contributed by atoms with Crippen LogP contribution < -0.4 is 5.73 Å². The molecule has 0 saturated heterocycles. The third kappa shape index (κ3) is 1.56. The molecule has 19 heavy (non-hydrogen) atoms. The van der Waals surface area contributed by atoms with Crippen molar-refractivity contribution in [3.05, 3.63) is 62.3 Å². The number of rotatable bonds is 0. The molecule has 1 aromatic rings. The van der Waals surface area contributed by atoms with Crippen LogP contribution in [0.2, 0.25) is 0 Å². The van der Waals surface area contributed by atoms with E-state index in [1.54, 1.807) is 19.1 Å². The number of carbonyl (C=O) groups excluding carboxylic acids is 2. The maximum Gasteiger partial charge on any atom is 0.198 e. The van der Waals surface area contributed by atoms with E-state index in [0.717, 1.165) is 5.56 Å². The summed E-state index contributed by atoms with van der Waals surface area (Å²) in [5.74, 6) is -0.388. The largest absolute Gasteiger partial charge is 0.398 e. The van der Waals surface area contributed by atoms with E-state index >= 15 is 0 Å². The molecule has 0 fully saturated rings. The second-order valence-corrected chi connectivity index (χ2v) is 5.32. The monoisotopic (exact) mass is 315 g/mol. The highest BCUT2D eigenvalue weighted by Gasteiger charge is 2.34. The van der Waals surface area contributed by atoms with Gasteiger partial charge in [0.05, 0.1) is 10.1 Å². The zero-order chi connectivity index (χ0) is 13.7. The van der Waals surface area contributed by atoms with Gasteiger partial charge < -0.3 is 5.73 Å². The van der Waals surface area contributed by atoms with E-state index in [4.69, 9.17) is 5.73 Å². The first-order valence-electron chi connectivity index (χ1n) is 5.79. The highest BCUT2D eigenvalue weighted by molar-refractivity contribution is 9.12. The molecule has 1 aromatic carbocycles. The molecule has 3 nitrogen and oxygen atoms in total. The van der Waals surface area contributed by atoms with Gasteiger partial charge in [-0.15, -0.1) is 0 Å². The first-order chi connectivity index (χ1) is 9.02. The van der Waals surface area contributed by atoms with Gasteiger partial charge in [0.1, 0.15) is 0 Å². The Bertz CT molecular complexity index is 738. The molecule has 0 unspecified atom stereocenters. The van der Waals surface area contributed by atoms with Crippen molar-refractivity contribution in [3.8, 4) is 0 Å². The predicted octanol–water partition coefficient (Wildman–Crippen LogP) is 2.73. The van der Waals surface area contributed by atoms with Crippen LogP contribution in [0.25, 0.3) is 6.08 Å². The second-order valence-electron chi connectivity index (χ2n) is 4.53. The summed E-state index contributed by atoms with van der Waals surface area (Å²) in [4.78, 5) is 24.5. The van der Waals surface area contributed by atoms with Gasteiger partial charge in [0, 0.05) is 22.4 Å². The van der Waals surface area contributed by atoms with Crippen molar-refractivity contribution >= 4 is 33.6 Å². The van der Waals surface area contributed by atoms with E-state index in [-0.39, 0.29) is 11.6 Å². The number of hydrogen-bond donors (Lipinski definition) is 1. The van der Waals surface area contributed by atoms with Gasteiger partial charge in [-0.25, -0.2) is 0 Å². The van der Waals surface area contributed by atoms with Gasteiger partial charge in [0.2, 0.25) is 0 Å². The van der Waals surface area contributed by atoms with Crippen LogP contribution in [0.15, 0.2) is 51.2 Å². The lowest BCUT2D eigenvalue weighted by molar-refractivity contribution is -0.111. The Morgan fingerprint density at radius 2 is 1.79 bits per heavy atom. The van der Waals surface area contributed by atoms with E-state index in [9.17, 15) is 9.59 Å². The molecule has 2 N–H and O–H groups in total. The first kappa shape index (κ1) is 12.1. The van der Waals surface area contributed by atoms with Crippen LogP contribution >= 0.6 is 15.9 Å². The average Bonchev–Trinajstić information content (AvgIpc) is 2.43. The molecule has 0 radical (unpaired) electrons. The second kappa shape index (κ2) is 4.03. The Hall–Kier alpha value is -1.94. The Morgan fingerprint density at radius 1 is 1.11 bits per heavy atom. The quantitative estimate of drug-likeness (QED) is 0.800. The minimum absolute atomic E-state index is 0.163. The summed E-state index contributed by atoms with van der Waals surface area (Å²) in [6.45, 7) is 1.67. The summed E-state index contributed by atoms with van der Waals surface area (Å²) < 4.78 is 0.296. The minimum atomic E-state index is -0.225. The van der Waals surface area contributed by atoms with Crippen molar-refractivity contribution in [3.63, 3.8) is 0 Å². The zero-order valence-electron chi connectivity index (χ0n) is 10.2. The van der Waals surface area contributed by atoms with Gasteiger partial charge in [0.15, 0.2) is 11.6 Å². The van der Waals surface area contributed by atoms with E-state index in [2.05, 4.69) is 15.9 Å². The van der Waals surface area contributed by atoms with E-state index in [1.807, 2.05) is 18.2 Å². The number of allylic oxidation sites excluding steroid dienone is 3. The predicted molar refractivity (Wildman–Crippen MR) is 76.6 cm³/mol. The zero-order valence-corrected chi connectivity index (χ0v) is 11.7. The Labute approximate surface area is 118 Å². The van der Waals surface area contributed by atoms with Gasteiger partial charge in [-0.3, -0.25) is 9.59 Å². The maximum atomic E-state index is 12.5. The van der Waals surface area contributed by atoms with E-state index in [1.165, 1.54) is 0 Å². The molecular weight excluding hydrogens is 306 g/mol. The Kier molecular flexibility index (Phi) is 2.57. The fourth-order valence-corrected chi connectivity index (χ4v) is 3.04. The molecule has 2 aliphatic rings. The summed E-state index contributed by atoms with van der Waals surface area (Å²) in [6, 6.07) is 7.29. The molecule has 0 aliphatic heterocycles. The van der Waals surface area contributed by atoms with Crippen LogP contribution in [0.3, 0.4) is 0 Å². The van der Waals surface area contributed by atoms with Crippen LogP contribution in [0.5, 0.6) is 0 Å². The lowest BCUT2D eigenvalue weighted by atomic mass is 9.81. The van der Waals surface area contributed by atoms with Crippen molar-refractivity contribution in [1.82, 2.24) is 0 Å². The molecular formula is C15H10BrNO2. The van der Waals surface area contributed by atoms with Crippen LogP contribution in [0.4, 0.5) is 0 Å². The van der Waals surface area contributed by atoms with Crippen LogP contribution in [-0.2, 0) is 4.79 Å². The Morgan fingerprint density at radius 3 is 2.53 bits per heavy atom. The number of halogens is 1. The van der Waals surface area contributed by atoms with Crippen molar-refractivity contribution in [1.29, 1.82) is 0 Å². The molecule has 0 aromatic heterocycles. The smallest absolute Gasteiger partial charge is 0.198 e. The van der Waals surface area contributed by atoms with Crippen LogP contribution in [0.1, 0.15) is 22.8 Å². The van der Waals surface area contributed by atoms with E-state index < -0.39 is 0 Å². The van der Waals surface area contributed by atoms with Crippen molar-refractivity contribution in [2.75, 3.05) is 0 Å². The van der Waals surface area contributed by atoms with Crippen LogP contribution in [0, 0.1) is 0 Å². The number of carbonyl (C=O) groups is 2. The van der Waals surface area contributed by atoms with Gasteiger partial charge in [0.25, 0.3) is 0 Å². The summed E-state index contributed by atoms with van der Waals surface area (Å²) in [7, 11) is 0. The lowest BCUT2D eigenvalue weighted by Crippen LogP contribution is -2.25. The highest BCUT2D eigenvalue weighted by atomic mass is 79.9. The topological polar surface area (TPSA) is 60.2 Å². The summed E-state index contributed by atoms with van der Waals surface area (Å²) in [5, 5.41) is 0. The molecule has 0 saturated carbocycles. The number of fused-ring (bicyclic) bond motifs is 2. The number of nitrogens with two attached hydrogens (primary N) is 1. The van der Waals surface area contributed by atoms with E-state index in [0.29, 0.717) is 32.5 Å². The maximum absolute atomic E-state index is 12.5. The summed E-state index contributed by atoms with van der Waals surface area (Å²) in [6.07, 6.45) is 1.86. The third-order valence-electron chi connectivity index (χ3n) is 3.46. The molecule has 3 rings (SSSR count).